The van der Waals surface area contributed by atoms with E-state index in [1.807, 2.05) is 0 Å². The van der Waals surface area contributed by atoms with E-state index in [0.29, 0.717) is 5.56 Å². The highest BCUT2D eigenvalue weighted by molar-refractivity contribution is 5.26. The molecule has 0 aliphatic carbocycles. The summed E-state index contributed by atoms with van der Waals surface area (Å²) in [6.45, 7) is 0. The van der Waals surface area contributed by atoms with Crippen molar-refractivity contribution in [2.45, 2.75) is 12.5 Å². The molecule has 5 heteroatoms. The number of rotatable bonds is 4. The lowest BCUT2D eigenvalue weighted by molar-refractivity contribution is 0.500. The summed E-state index contributed by atoms with van der Waals surface area (Å²) in [5.74, 6) is -3.00. The summed E-state index contributed by atoms with van der Waals surface area (Å²) in [4.78, 5) is 0. The molecule has 0 fully saturated rings. The Labute approximate surface area is 114 Å². The summed E-state index contributed by atoms with van der Waals surface area (Å²) in [6, 6.07) is 6.12. The largest absolute Gasteiger partial charge is 0.313 e. The molecule has 0 saturated heterocycles. The van der Waals surface area contributed by atoms with Crippen molar-refractivity contribution in [2.24, 2.45) is 0 Å². The van der Waals surface area contributed by atoms with Gasteiger partial charge < -0.3 is 5.32 Å². The van der Waals surface area contributed by atoms with E-state index in [0.717, 1.165) is 30.3 Å². The predicted octanol–water partition coefficient (Wildman–Crippen LogP) is 3.75. The molecule has 0 amide bonds. The third kappa shape index (κ3) is 3.17. The summed E-state index contributed by atoms with van der Waals surface area (Å²) in [5, 5.41) is 2.85. The van der Waals surface area contributed by atoms with Gasteiger partial charge in [0.25, 0.3) is 0 Å². The first-order valence-corrected chi connectivity index (χ1v) is 6.07. The predicted molar refractivity (Wildman–Crippen MR) is 68.2 cm³/mol. The molecule has 20 heavy (non-hydrogen) atoms. The van der Waals surface area contributed by atoms with Crippen molar-refractivity contribution >= 4 is 0 Å². The second kappa shape index (κ2) is 6.05. The number of hydrogen-bond donors (Lipinski definition) is 1. The molecule has 106 valence electrons. The minimum atomic E-state index is -0.961. The van der Waals surface area contributed by atoms with E-state index in [4.69, 9.17) is 0 Å². The minimum absolute atomic E-state index is 0.150. The smallest absolute Gasteiger partial charge is 0.159 e. The van der Waals surface area contributed by atoms with Gasteiger partial charge in [-0.05, 0) is 49.4 Å². The molecule has 1 atom stereocenters. The molecule has 1 N–H and O–H groups in total. The van der Waals surface area contributed by atoms with Crippen molar-refractivity contribution < 1.29 is 17.6 Å². The fraction of sp³-hybridized carbons (Fsp3) is 0.200. The van der Waals surface area contributed by atoms with Gasteiger partial charge in [0.2, 0.25) is 0 Å². The Hall–Kier alpha value is -1.88. The second-order valence-electron chi connectivity index (χ2n) is 4.46. The normalized spacial score (nSPS) is 12.4. The van der Waals surface area contributed by atoms with Gasteiger partial charge >= 0.3 is 0 Å². The van der Waals surface area contributed by atoms with E-state index >= 15 is 0 Å². The molecule has 0 spiro atoms. The SMILES string of the molecule is CNC(Cc1ccc(F)c(F)c1)c1cc(F)ccc1F. The Morgan fingerprint density at radius 1 is 0.900 bits per heavy atom. The summed E-state index contributed by atoms with van der Waals surface area (Å²) in [6.07, 6.45) is 0.216. The molecular formula is C15H13F4N. The standard InChI is InChI=1S/C15H13F4N/c1-20-15(11-8-10(16)3-5-12(11)17)7-9-2-4-13(18)14(19)6-9/h2-6,8,15,20H,7H2,1H3. The van der Waals surface area contributed by atoms with Crippen LogP contribution in [0.2, 0.25) is 0 Å². The van der Waals surface area contributed by atoms with Gasteiger partial charge in [0.1, 0.15) is 11.6 Å². The zero-order chi connectivity index (χ0) is 14.7. The second-order valence-corrected chi connectivity index (χ2v) is 4.46. The lowest BCUT2D eigenvalue weighted by Crippen LogP contribution is -2.20. The van der Waals surface area contributed by atoms with Gasteiger partial charge in [-0.25, -0.2) is 17.6 Å². The molecule has 0 aliphatic rings. The lowest BCUT2D eigenvalue weighted by Gasteiger charge is -2.17. The maximum atomic E-state index is 13.7. The van der Waals surface area contributed by atoms with Crippen molar-refractivity contribution in [3.63, 3.8) is 0 Å². The number of halogens is 4. The third-order valence-corrected chi connectivity index (χ3v) is 3.11. The van der Waals surface area contributed by atoms with Crippen molar-refractivity contribution in [3.8, 4) is 0 Å². The van der Waals surface area contributed by atoms with Gasteiger partial charge in [0.05, 0.1) is 0 Å². The van der Waals surface area contributed by atoms with Crippen LogP contribution in [-0.2, 0) is 6.42 Å². The molecule has 0 aliphatic heterocycles. The number of benzene rings is 2. The van der Waals surface area contributed by atoms with E-state index in [1.165, 1.54) is 6.07 Å². The van der Waals surface area contributed by atoms with E-state index in [9.17, 15) is 17.6 Å². The van der Waals surface area contributed by atoms with E-state index in [1.54, 1.807) is 7.05 Å². The zero-order valence-electron chi connectivity index (χ0n) is 10.8. The molecule has 1 unspecified atom stereocenters. The molecule has 1 nitrogen and oxygen atoms in total. The Morgan fingerprint density at radius 2 is 1.60 bits per heavy atom. The van der Waals surface area contributed by atoms with Crippen LogP contribution in [0.3, 0.4) is 0 Å². The summed E-state index contributed by atoms with van der Waals surface area (Å²) in [7, 11) is 1.59. The molecule has 0 heterocycles. The van der Waals surface area contributed by atoms with Crippen molar-refractivity contribution in [2.75, 3.05) is 7.05 Å². The van der Waals surface area contributed by atoms with Gasteiger partial charge in [0.15, 0.2) is 11.6 Å². The first-order valence-electron chi connectivity index (χ1n) is 6.07. The van der Waals surface area contributed by atoms with E-state index < -0.39 is 29.3 Å². The van der Waals surface area contributed by atoms with Gasteiger partial charge in [-0.1, -0.05) is 6.07 Å². The van der Waals surface area contributed by atoms with Crippen LogP contribution in [0.25, 0.3) is 0 Å². The maximum Gasteiger partial charge on any atom is 0.159 e. The number of hydrogen-bond acceptors (Lipinski definition) is 1. The fourth-order valence-electron chi connectivity index (χ4n) is 2.05. The van der Waals surface area contributed by atoms with Crippen LogP contribution in [0.15, 0.2) is 36.4 Å². The molecule has 0 saturated carbocycles. The highest BCUT2D eigenvalue weighted by Crippen LogP contribution is 2.22. The highest BCUT2D eigenvalue weighted by Gasteiger charge is 2.16. The van der Waals surface area contributed by atoms with Crippen molar-refractivity contribution in [1.82, 2.24) is 5.32 Å². The maximum absolute atomic E-state index is 13.7. The van der Waals surface area contributed by atoms with Crippen LogP contribution < -0.4 is 5.32 Å². The molecule has 2 aromatic rings. The Bertz CT molecular complexity index is 613. The quantitative estimate of drug-likeness (QED) is 0.843. The van der Waals surface area contributed by atoms with Gasteiger partial charge in [-0.2, -0.15) is 0 Å². The average molecular weight is 283 g/mol. The van der Waals surface area contributed by atoms with Crippen LogP contribution in [0.5, 0.6) is 0 Å². The Kier molecular flexibility index (Phi) is 4.39. The molecule has 2 rings (SSSR count). The minimum Gasteiger partial charge on any atom is -0.313 e. The van der Waals surface area contributed by atoms with Crippen molar-refractivity contribution in [3.05, 3.63) is 70.8 Å². The summed E-state index contributed by atoms with van der Waals surface area (Å²) in [5.41, 5.74) is 0.643. The van der Waals surface area contributed by atoms with Gasteiger partial charge in [0, 0.05) is 11.6 Å². The first-order chi connectivity index (χ1) is 9.51. The van der Waals surface area contributed by atoms with Gasteiger partial charge in [-0.15, -0.1) is 0 Å². The average Bonchev–Trinajstić information content (AvgIpc) is 2.43. The van der Waals surface area contributed by atoms with Crippen LogP contribution in [0.4, 0.5) is 17.6 Å². The van der Waals surface area contributed by atoms with Crippen LogP contribution >= 0.6 is 0 Å². The third-order valence-electron chi connectivity index (χ3n) is 3.11. The fourth-order valence-corrected chi connectivity index (χ4v) is 2.05. The Morgan fingerprint density at radius 3 is 2.25 bits per heavy atom. The van der Waals surface area contributed by atoms with Crippen LogP contribution in [0, 0.1) is 23.3 Å². The van der Waals surface area contributed by atoms with Crippen molar-refractivity contribution in [1.29, 1.82) is 0 Å². The number of likely N-dealkylation sites (N-methyl/N-ethyl adjacent to an activating group) is 1. The molecule has 0 bridgehead atoms. The van der Waals surface area contributed by atoms with E-state index in [-0.39, 0.29) is 12.0 Å². The van der Waals surface area contributed by atoms with Crippen LogP contribution in [-0.4, -0.2) is 7.05 Å². The summed E-state index contributed by atoms with van der Waals surface area (Å²) >= 11 is 0. The monoisotopic (exact) mass is 283 g/mol. The summed E-state index contributed by atoms with van der Waals surface area (Å²) < 4.78 is 52.9. The van der Waals surface area contributed by atoms with Crippen LogP contribution in [0.1, 0.15) is 17.2 Å². The number of nitrogens with one attached hydrogen (secondary N) is 1. The van der Waals surface area contributed by atoms with E-state index in [2.05, 4.69) is 5.32 Å². The Balaban J connectivity index is 2.28. The molecule has 0 radical (unpaired) electrons. The first kappa shape index (κ1) is 14.5. The molecule has 2 aromatic carbocycles. The topological polar surface area (TPSA) is 12.0 Å². The highest BCUT2D eigenvalue weighted by atomic mass is 19.2. The van der Waals surface area contributed by atoms with Gasteiger partial charge in [-0.3, -0.25) is 0 Å². The molecule has 0 aromatic heterocycles. The zero-order valence-corrected chi connectivity index (χ0v) is 10.8. The molecular weight excluding hydrogens is 270 g/mol. The lowest BCUT2D eigenvalue weighted by atomic mass is 9.98.